The predicted octanol–water partition coefficient (Wildman–Crippen LogP) is 2.49. The molecule has 1 saturated carbocycles. The molecule has 3 rings (SSSR count). The van der Waals surface area contributed by atoms with E-state index in [1.54, 1.807) is 0 Å². The zero-order valence-electron chi connectivity index (χ0n) is 12.2. The second-order valence-corrected chi connectivity index (χ2v) is 5.89. The lowest BCUT2D eigenvalue weighted by Gasteiger charge is -2.26. The summed E-state index contributed by atoms with van der Waals surface area (Å²) in [6, 6.07) is 2.40. The Bertz CT molecular complexity index is 497. The van der Waals surface area contributed by atoms with E-state index in [0.717, 1.165) is 51.7 Å². The molecule has 1 aliphatic heterocycles. The van der Waals surface area contributed by atoms with Crippen LogP contribution in [0.2, 0.25) is 0 Å². The van der Waals surface area contributed by atoms with Crippen LogP contribution in [0.15, 0.2) is 4.52 Å². The van der Waals surface area contributed by atoms with Gasteiger partial charge in [-0.25, -0.2) is 0 Å². The first-order chi connectivity index (χ1) is 10.3. The van der Waals surface area contributed by atoms with Gasteiger partial charge in [0, 0.05) is 13.2 Å². The summed E-state index contributed by atoms with van der Waals surface area (Å²) in [7, 11) is 0. The summed E-state index contributed by atoms with van der Waals surface area (Å²) in [5.41, 5.74) is -0.581. The van der Waals surface area contributed by atoms with Gasteiger partial charge in [-0.2, -0.15) is 10.2 Å². The van der Waals surface area contributed by atoms with Crippen LogP contribution in [0.1, 0.15) is 56.7 Å². The summed E-state index contributed by atoms with van der Waals surface area (Å²) in [4.78, 5) is 4.40. The minimum absolute atomic E-state index is 0.209. The van der Waals surface area contributed by atoms with Crippen molar-refractivity contribution < 1.29 is 14.0 Å². The van der Waals surface area contributed by atoms with Gasteiger partial charge in [-0.3, -0.25) is 0 Å². The molecule has 1 aromatic heterocycles. The van der Waals surface area contributed by atoms with E-state index in [0.29, 0.717) is 18.3 Å². The first kappa shape index (κ1) is 14.5. The average Bonchev–Trinajstić information content (AvgIpc) is 3.04. The highest BCUT2D eigenvalue weighted by Crippen LogP contribution is 2.37. The van der Waals surface area contributed by atoms with Gasteiger partial charge in [-0.1, -0.05) is 24.4 Å². The topological polar surface area (TPSA) is 81.2 Å². The van der Waals surface area contributed by atoms with Crippen LogP contribution in [0.4, 0.5) is 0 Å². The lowest BCUT2D eigenvalue weighted by molar-refractivity contribution is -0.0412. The Morgan fingerprint density at radius 1 is 1.24 bits per heavy atom. The largest absolute Gasteiger partial charge is 0.381 e. The third-order valence-corrected chi connectivity index (χ3v) is 4.42. The maximum Gasteiger partial charge on any atom is 0.247 e. The van der Waals surface area contributed by atoms with E-state index < -0.39 is 5.41 Å². The molecule has 2 fully saturated rings. The van der Waals surface area contributed by atoms with Crippen LogP contribution in [0.3, 0.4) is 0 Å². The van der Waals surface area contributed by atoms with Gasteiger partial charge < -0.3 is 14.0 Å². The number of hydrogen-bond acceptors (Lipinski definition) is 6. The normalized spacial score (nSPS) is 22.8. The Balaban J connectivity index is 1.61. The van der Waals surface area contributed by atoms with Gasteiger partial charge in [0.1, 0.15) is 12.0 Å². The van der Waals surface area contributed by atoms with Gasteiger partial charge in [-0.05, 0) is 25.7 Å². The van der Waals surface area contributed by atoms with Crippen LogP contribution in [0.25, 0.3) is 0 Å². The number of ether oxygens (including phenoxy) is 2. The molecular formula is C15H21N3O3. The molecule has 0 aromatic carbocycles. The lowest BCUT2D eigenvalue weighted by Crippen LogP contribution is -2.27. The third-order valence-electron chi connectivity index (χ3n) is 4.42. The number of nitrogens with zero attached hydrogens (tertiary/aromatic N) is 3. The van der Waals surface area contributed by atoms with Crippen LogP contribution in [0, 0.1) is 11.3 Å². The maximum atomic E-state index is 9.52. The van der Waals surface area contributed by atoms with Gasteiger partial charge >= 0.3 is 0 Å². The molecule has 1 saturated heterocycles. The summed E-state index contributed by atoms with van der Waals surface area (Å²) in [5.74, 6) is 1.01. The zero-order chi connectivity index (χ0) is 14.5. The predicted molar refractivity (Wildman–Crippen MR) is 73.3 cm³/mol. The molecule has 2 heterocycles. The quantitative estimate of drug-likeness (QED) is 0.847. The molecule has 6 heteroatoms. The van der Waals surface area contributed by atoms with Gasteiger partial charge in [0.15, 0.2) is 5.82 Å². The van der Waals surface area contributed by atoms with Crippen LogP contribution in [-0.2, 0) is 21.5 Å². The Morgan fingerprint density at radius 3 is 2.71 bits per heavy atom. The average molecular weight is 291 g/mol. The molecule has 0 amide bonds. The molecule has 0 radical (unpaired) electrons. The van der Waals surface area contributed by atoms with Crippen molar-refractivity contribution in [1.82, 2.24) is 10.1 Å². The van der Waals surface area contributed by atoms with Gasteiger partial charge in [0.2, 0.25) is 5.89 Å². The van der Waals surface area contributed by atoms with Gasteiger partial charge in [0.25, 0.3) is 0 Å². The fourth-order valence-corrected chi connectivity index (χ4v) is 3.07. The highest BCUT2D eigenvalue weighted by molar-refractivity contribution is 5.19. The van der Waals surface area contributed by atoms with Crippen molar-refractivity contribution in [3.8, 4) is 6.07 Å². The Morgan fingerprint density at radius 2 is 2.00 bits per heavy atom. The second kappa shape index (κ2) is 6.54. The summed E-state index contributed by atoms with van der Waals surface area (Å²) in [6.07, 6.45) is 6.92. The van der Waals surface area contributed by atoms with E-state index in [4.69, 9.17) is 14.0 Å². The Labute approximate surface area is 124 Å². The second-order valence-electron chi connectivity index (χ2n) is 5.89. The highest BCUT2D eigenvalue weighted by atomic mass is 16.5. The summed E-state index contributed by atoms with van der Waals surface area (Å²) < 4.78 is 16.4. The molecule has 2 aliphatic rings. The smallest absolute Gasteiger partial charge is 0.247 e. The van der Waals surface area contributed by atoms with Crippen molar-refractivity contribution in [3.63, 3.8) is 0 Å². The van der Waals surface area contributed by atoms with E-state index in [1.807, 2.05) is 0 Å². The molecule has 1 aromatic rings. The fourth-order valence-electron chi connectivity index (χ4n) is 3.07. The number of rotatable bonds is 4. The number of hydrogen-bond donors (Lipinski definition) is 0. The van der Waals surface area contributed by atoms with Crippen molar-refractivity contribution in [2.75, 3.05) is 13.2 Å². The van der Waals surface area contributed by atoms with Crippen molar-refractivity contribution in [1.29, 1.82) is 5.26 Å². The first-order valence-corrected chi connectivity index (χ1v) is 7.76. The Hall–Kier alpha value is -1.45. The van der Waals surface area contributed by atoms with E-state index in [1.165, 1.54) is 6.42 Å². The van der Waals surface area contributed by atoms with E-state index in [2.05, 4.69) is 16.2 Å². The van der Waals surface area contributed by atoms with Gasteiger partial charge in [0.05, 0.1) is 12.2 Å². The molecule has 1 aliphatic carbocycles. The molecule has 0 N–H and O–H groups in total. The molecule has 0 bridgehead atoms. The summed E-state index contributed by atoms with van der Waals surface area (Å²) >= 11 is 0. The van der Waals surface area contributed by atoms with Crippen molar-refractivity contribution >= 4 is 0 Å². The molecular weight excluding hydrogens is 270 g/mol. The molecule has 21 heavy (non-hydrogen) atoms. The molecule has 114 valence electrons. The Kier molecular flexibility index (Phi) is 4.51. The third kappa shape index (κ3) is 3.25. The van der Waals surface area contributed by atoms with Crippen LogP contribution < -0.4 is 0 Å². The van der Waals surface area contributed by atoms with Crippen LogP contribution >= 0.6 is 0 Å². The number of aromatic nitrogens is 2. The standard InChI is InChI=1S/C15H21N3O3/c16-11-15(6-2-1-3-7-15)14-17-13(18-21-14)10-20-12-4-8-19-9-5-12/h12H,1-10H2. The van der Waals surface area contributed by atoms with Crippen molar-refractivity contribution in [2.45, 2.75) is 63.1 Å². The van der Waals surface area contributed by atoms with E-state index >= 15 is 0 Å². The molecule has 6 nitrogen and oxygen atoms in total. The van der Waals surface area contributed by atoms with E-state index in [9.17, 15) is 5.26 Å². The minimum atomic E-state index is -0.581. The molecule has 0 unspecified atom stereocenters. The van der Waals surface area contributed by atoms with Crippen molar-refractivity contribution in [2.24, 2.45) is 0 Å². The van der Waals surface area contributed by atoms with Crippen LogP contribution in [-0.4, -0.2) is 29.5 Å². The minimum Gasteiger partial charge on any atom is -0.381 e. The number of nitriles is 1. The molecule has 0 atom stereocenters. The monoisotopic (exact) mass is 291 g/mol. The lowest BCUT2D eigenvalue weighted by atomic mass is 9.75. The van der Waals surface area contributed by atoms with Gasteiger partial charge in [-0.15, -0.1) is 0 Å². The highest BCUT2D eigenvalue weighted by Gasteiger charge is 2.39. The maximum absolute atomic E-state index is 9.52. The van der Waals surface area contributed by atoms with Crippen molar-refractivity contribution in [3.05, 3.63) is 11.7 Å². The molecule has 0 spiro atoms. The summed E-state index contributed by atoms with van der Waals surface area (Å²) in [5, 5.41) is 13.5. The SMILES string of the molecule is N#CC1(c2nc(COC3CCOCC3)no2)CCCCC1. The zero-order valence-corrected chi connectivity index (χ0v) is 12.2. The fraction of sp³-hybridized carbons (Fsp3) is 0.800. The van der Waals surface area contributed by atoms with Crippen LogP contribution in [0.5, 0.6) is 0 Å². The van der Waals surface area contributed by atoms with E-state index in [-0.39, 0.29) is 6.10 Å². The summed E-state index contributed by atoms with van der Waals surface area (Å²) in [6.45, 7) is 1.84. The first-order valence-electron chi connectivity index (χ1n) is 7.76.